The van der Waals surface area contributed by atoms with Gasteiger partial charge in [-0.25, -0.2) is 4.79 Å². The Morgan fingerprint density at radius 1 is 1.50 bits per heavy atom. The van der Waals surface area contributed by atoms with Gasteiger partial charge in [0.25, 0.3) is 0 Å². The molecule has 0 saturated carbocycles. The molecule has 0 aromatic heterocycles. The molecule has 6 heteroatoms. The van der Waals surface area contributed by atoms with E-state index in [-0.39, 0.29) is 18.5 Å². The Morgan fingerprint density at radius 3 is 2.83 bits per heavy atom. The second kappa shape index (κ2) is 7.20. The molecule has 0 aromatic rings. The first-order chi connectivity index (χ1) is 8.47. The lowest BCUT2D eigenvalue weighted by molar-refractivity contribution is -0.137. The third-order valence-electron chi connectivity index (χ3n) is 3.13. The Labute approximate surface area is 108 Å². The summed E-state index contributed by atoms with van der Waals surface area (Å²) in [6, 6.07) is -0.631. The Bertz CT molecular complexity index is 296. The number of hydrogen-bond acceptors (Lipinski definition) is 3. The van der Waals surface area contributed by atoms with Crippen molar-refractivity contribution in [2.75, 3.05) is 26.7 Å². The van der Waals surface area contributed by atoms with Gasteiger partial charge in [-0.15, -0.1) is 0 Å². The van der Waals surface area contributed by atoms with Crippen molar-refractivity contribution < 1.29 is 14.7 Å². The number of carboxylic acids is 1. The highest BCUT2D eigenvalue weighted by atomic mass is 16.4. The van der Waals surface area contributed by atoms with E-state index in [9.17, 15) is 9.59 Å². The van der Waals surface area contributed by atoms with Crippen molar-refractivity contribution in [1.29, 1.82) is 0 Å². The van der Waals surface area contributed by atoms with E-state index in [1.54, 1.807) is 6.92 Å². The van der Waals surface area contributed by atoms with Gasteiger partial charge in [0.15, 0.2) is 0 Å². The van der Waals surface area contributed by atoms with E-state index in [0.717, 1.165) is 19.5 Å². The average Bonchev–Trinajstić information content (AvgIpc) is 2.25. The molecule has 2 unspecified atom stereocenters. The van der Waals surface area contributed by atoms with Crippen molar-refractivity contribution in [1.82, 2.24) is 15.5 Å². The number of aliphatic carboxylic acids is 1. The first-order valence-corrected chi connectivity index (χ1v) is 6.42. The summed E-state index contributed by atoms with van der Waals surface area (Å²) in [7, 11) is 2.08. The molecule has 104 valence electrons. The van der Waals surface area contributed by atoms with E-state index in [2.05, 4.69) is 22.6 Å². The lowest BCUT2D eigenvalue weighted by atomic mass is 9.99. The van der Waals surface area contributed by atoms with Crippen LogP contribution in [0.15, 0.2) is 0 Å². The summed E-state index contributed by atoms with van der Waals surface area (Å²) >= 11 is 0. The van der Waals surface area contributed by atoms with Crippen molar-refractivity contribution in [3.05, 3.63) is 0 Å². The average molecular weight is 257 g/mol. The minimum absolute atomic E-state index is 0.0560. The number of rotatable bonds is 5. The molecule has 1 aliphatic rings. The standard InChI is InChI=1S/C12H23N3O3/c1-9(6-11(16)17)14-12(18)13-7-10-4-3-5-15(2)8-10/h9-10H,3-8H2,1-2H3,(H,16,17)(H2,13,14,18). The molecule has 0 radical (unpaired) electrons. The van der Waals surface area contributed by atoms with Crippen molar-refractivity contribution in [3.63, 3.8) is 0 Å². The number of piperidine rings is 1. The fourth-order valence-electron chi connectivity index (χ4n) is 2.26. The van der Waals surface area contributed by atoms with Gasteiger partial charge in [0.2, 0.25) is 0 Å². The van der Waals surface area contributed by atoms with Crippen molar-refractivity contribution in [3.8, 4) is 0 Å². The highest BCUT2D eigenvalue weighted by molar-refractivity contribution is 5.75. The van der Waals surface area contributed by atoms with Crippen LogP contribution in [0.2, 0.25) is 0 Å². The van der Waals surface area contributed by atoms with Crippen molar-refractivity contribution in [2.24, 2.45) is 5.92 Å². The van der Waals surface area contributed by atoms with E-state index in [1.165, 1.54) is 6.42 Å². The molecule has 1 rings (SSSR count). The van der Waals surface area contributed by atoms with Crippen LogP contribution in [0.4, 0.5) is 4.79 Å². The van der Waals surface area contributed by atoms with Crippen molar-refractivity contribution in [2.45, 2.75) is 32.2 Å². The summed E-state index contributed by atoms with van der Waals surface area (Å²) in [5, 5.41) is 14.0. The number of urea groups is 1. The highest BCUT2D eigenvalue weighted by Crippen LogP contribution is 2.13. The first kappa shape index (κ1) is 14.8. The molecular formula is C12H23N3O3. The Balaban J connectivity index is 2.18. The molecule has 0 spiro atoms. The van der Waals surface area contributed by atoms with E-state index < -0.39 is 5.97 Å². The zero-order chi connectivity index (χ0) is 13.5. The Hall–Kier alpha value is -1.30. The van der Waals surface area contributed by atoms with E-state index in [1.807, 2.05) is 0 Å². The lowest BCUT2D eigenvalue weighted by Gasteiger charge is -2.29. The zero-order valence-electron chi connectivity index (χ0n) is 11.1. The molecule has 0 aromatic carbocycles. The molecule has 2 atom stereocenters. The lowest BCUT2D eigenvalue weighted by Crippen LogP contribution is -2.45. The predicted molar refractivity (Wildman–Crippen MR) is 68.5 cm³/mol. The molecule has 3 N–H and O–H groups in total. The molecule has 1 heterocycles. The van der Waals surface area contributed by atoms with Gasteiger partial charge in [-0.2, -0.15) is 0 Å². The Kier molecular flexibility index (Phi) is 5.91. The normalized spacial score (nSPS) is 22.2. The third-order valence-corrected chi connectivity index (χ3v) is 3.13. The number of likely N-dealkylation sites (tertiary alicyclic amines) is 1. The van der Waals surface area contributed by atoms with Gasteiger partial charge >= 0.3 is 12.0 Å². The van der Waals surface area contributed by atoms with Gasteiger partial charge in [-0.05, 0) is 39.3 Å². The maximum atomic E-state index is 11.5. The van der Waals surface area contributed by atoms with Crippen molar-refractivity contribution >= 4 is 12.0 Å². The second-order valence-corrected chi connectivity index (χ2v) is 5.12. The molecule has 18 heavy (non-hydrogen) atoms. The first-order valence-electron chi connectivity index (χ1n) is 6.42. The molecule has 0 aliphatic carbocycles. The van der Waals surface area contributed by atoms with Crippen LogP contribution in [-0.2, 0) is 4.79 Å². The summed E-state index contributed by atoms with van der Waals surface area (Å²) in [4.78, 5) is 24.3. The number of hydrogen-bond donors (Lipinski definition) is 3. The number of nitrogens with zero attached hydrogens (tertiary/aromatic N) is 1. The number of nitrogens with one attached hydrogen (secondary N) is 2. The quantitative estimate of drug-likeness (QED) is 0.669. The van der Waals surface area contributed by atoms with E-state index in [0.29, 0.717) is 12.5 Å². The number of carbonyl (C=O) groups excluding carboxylic acids is 1. The minimum atomic E-state index is -0.906. The Morgan fingerprint density at radius 2 is 2.22 bits per heavy atom. The maximum Gasteiger partial charge on any atom is 0.315 e. The van der Waals surface area contributed by atoms with Crippen LogP contribution >= 0.6 is 0 Å². The molecule has 1 fully saturated rings. The molecule has 6 nitrogen and oxygen atoms in total. The van der Waals surface area contributed by atoms with Crippen LogP contribution in [0, 0.1) is 5.92 Å². The van der Waals surface area contributed by atoms with Crippen LogP contribution in [-0.4, -0.2) is 54.7 Å². The summed E-state index contributed by atoms with van der Waals surface area (Å²) in [5.74, 6) is -0.416. The van der Waals surface area contributed by atoms with Gasteiger partial charge < -0.3 is 20.6 Å². The number of carboxylic acid groups (broad SMARTS) is 1. The third kappa shape index (κ3) is 5.86. The summed E-state index contributed by atoms with van der Waals surface area (Å²) in [6.45, 7) is 4.46. The number of amides is 2. The highest BCUT2D eigenvalue weighted by Gasteiger charge is 2.18. The molecular weight excluding hydrogens is 234 g/mol. The van der Waals surface area contributed by atoms with Crippen LogP contribution in [0.1, 0.15) is 26.2 Å². The summed E-state index contributed by atoms with van der Waals surface area (Å²) in [6.07, 6.45) is 2.24. The fraction of sp³-hybridized carbons (Fsp3) is 0.833. The summed E-state index contributed by atoms with van der Waals surface area (Å²) in [5.41, 5.74) is 0. The fourth-order valence-corrected chi connectivity index (χ4v) is 2.26. The van der Waals surface area contributed by atoms with Crippen LogP contribution in [0.5, 0.6) is 0 Å². The smallest absolute Gasteiger partial charge is 0.315 e. The maximum absolute atomic E-state index is 11.5. The van der Waals surface area contributed by atoms with Crippen LogP contribution in [0.25, 0.3) is 0 Å². The van der Waals surface area contributed by atoms with Gasteiger partial charge in [-0.3, -0.25) is 4.79 Å². The SMILES string of the molecule is CC(CC(=O)O)NC(=O)NCC1CCCN(C)C1. The minimum Gasteiger partial charge on any atom is -0.481 e. The zero-order valence-corrected chi connectivity index (χ0v) is 11.1. The monoisotopic (exact) mass is 257 g/mol. The molecule has 2 amide bonds. The number of carbonyl (C=O) groups is 2. The largest absolute Gasteiger partial charge is 0.481 e. The molecule has 1 saturated heterocycles. The van der Waals surface area contributed by atoms with Crippen LogP contribution < -0.4 is 10.6 Å². The van der Waals surface area contributed by atoms with Gasteiger partial charge in [0.1, 0.15) is 0 Å². The van der Waals surface area contributed by atoms with Crippen LogP contribution in [0.3, 0.4) is 0 Å². The molecule has 0 bridgehead atoms. The topological polar surface area (TPSA) is 81.7 Å². The summed E-state index contributed by atoms with van der Waals surface area (Å²) < 4.78 is 0. The van der Waals surface area contributed by atoms with E-state index >= 15 is 0 Å². The molecule has 1 aliphatic heterocycles. The second-order valence-electron chi connectivity index (χ2n) is 5.12. The van der Waals surface area contributed by atoms with E-state index in [4.69, 9.17) is 5.11 Å². The van der Waals surface area contributed by atoms with Gasteiger partial charge in [0, 0.05) is 19.1 Å². The predicted octanol–water partition coefficient (Wildman–Crippen LogP) is 0.491. The van der Waals surface area contributed by atoms with Gasteiger partial charge in [0.05, 0.1) is 6.42 Å². The van der Waals surface area contributed by atoms with Gasteiger partial charge in [-0.1, -0.05) is 0 Å².